The van der Waals surface area contributed by atoms with Gasteiger partial charge in [-0.05, 0) is 39.7 Å². The second-order valence-electron chi connectivity index (χ2n) is 8.14. The highest BCUT2D eigenvalue weighted by Crippen LogP contribution is 2.46. The highest BCUT2D eigenvalue weighted by atomic mass is 35.5. The number of nitrogens with two attached hydrogens (primary N) is 2. The Bertz CT molecular complexity index is 1610. The first-order valence-corrected chi connectivity index (χ1v) is 11.1. The first kappa shape index (κ1) is 24.6. The van der Waals surface area contributed by atoms with Crippen LogP contribution in [-0.2, 0) is 6.61 Å². The molecule has 0 radical (unpaired) electrons. The second kappa shape index (κ2) is 10.4. The topological polar surface area (TPSA) is 111 Å². The lowest BCUT2D eigenvalue weighted by Gasteiger charge is -2.18. The largest absolute Gasteiger partial charge is 0.507 e. The van der Waals surface area contributed by atoms with Crippen molar-refractivity contribution in [3.8, 4) is 22.6 Å². The van der Waals surface area contributed by atoms with Crippen LogP contribution in [0.5, 0.6) is 11.5 Å². The number of aliphatic imine (C=N–C) groups is 1. The van der Waals surface area contributed by atoms with Crippen molar-refractivity contribution < 1.29 is 14.6 Å². The van der Waals surface area contributed by atoms with Crippen LogP contribution in [-0.4, -0.2) is 17.4 Å². The number of aromatic hydroxyl groups is 1. The van der Waals surface area contributed by atoms with Crippen LogP contribution in [0.25, 0.3) is 32.7 Å². The van der Waals surface area contributed by atoms with Crippen molar-refractivity contribution in [1.82, 2.24) is 0 Å². The standard InChI is InChI=1S/C29H23N3O3.ClH/c30-29(31)32-24-12-6-3-9-20(24)17-35-25-14-13-18-7-1-4-10-22(18)26(25)27-23-11-5-2-8-19(23)15-21(16-33)28(27)34;/h1-16,34H,17H2,(H4,30,31,32);1H. The van der Waals surface area contributed by atoms with E-state index in [1.165, 1.54) is 0 Å². The third-order valence-corrected chi connectivity index (χ3v) is 5.94. The molecule has 6 nitrogen and oxygen atoms in total. The molecule has 0 aliphatic rings. The molecule has 0 spiro atoms. The summed E-state index contributed by atoms with van der Waals surface area (Å²) in [6, 6.07) is 28.5. The molecule has 5 aromatic carbocycles. The molecule has 0 aliphatic carbocycles. The van der Waals surface area contributed by atoms with E-state index >= 15 is 0 Å². The van der Waals surface area contributed by atoms with Gasteiger partial charge in [0.15, 0.2) is 12.2 Å². The molecule has 5 aromatic rings. The Morgan fingerprint density at radius 3 is 2.19 bits per heavy atom. The number of hydrogen-bond acceptors (Lipinski definition) is 4. The molecule has 0 atom stereocenters. The summed E-state index contributed by atoms with van der Waals surface area (Å²) in [7, 11) is 0. The van der Waals surface area contributed by atoms with Crippen LogP contribution >= 0.6 is 12.4 Å². The van der Waals surface area contributed by atoms with Gasteiger partial charge in [-0.1, -0.05) is 72.8 Å². The van der Waals surface area contributed by atoms with Gasteiger partial charge in [0.25, 0.3) is 0 Å². The highest BCUT2D eigenvalue weighted by Gasteiger charge is 2.20. The maximum absolute atomic E-state index is 11.8. The molecular weight excluding hydrogens is 474 g/mol. The van der Waals surface area contributed by atoms with Gasteiger partial charge >= 0.3 is 0 Å². The molecular formula is C29H24ClN3O3. The maximum atomic E-state index is 11.8. The van der Waals surface area contributed by atoms with Gasteiger partial charge in [0.1, 0.15) is 18.1 Å². The number of aldehydes is 1. The van der Waals surface area contributed by atoms with Crippen molar-refractivity contribution in [2.24, 2.45) is 16.5 Å². The summed E-state index contributed by atoms with van der Waals surface area (Å²) in [5, 5.41) is 14.8. The predicted molar refractivity (Wildman–Crippen MR) is 147 cm³/mol. The Labute approximate surface area is 214 Å². The van der Waals surface area contributed by atoms with Gasteiger partial charge in [-0.3, -0.25) is 4.79 Å². The first-order valence-electron chi connectivity index (χ1n) is 11.1. The molecule has 0 saturated carbocycles. The molecule has 0 aliphatic heterocycles. The zero-order valence-corrected chi connectivity index (χ0v) is 20.0. The molecule has 7 heteroatoms. The van der Waals surface area contributed by atoms with E-state index in [1.54, 1.807) is 6.07 Å². The smallest absolute Gasteiger partial charge is 0.191 e. The number of para-hydroxylation sites is 1. The molecule has 5 N–H and O–H groups in total. The number of rotatable bonds is 6. The molecule has 0 bridgehead atoms. The van der Waals surface area contributed by atoms with E-state index in [0.717, 1.165) is 27.1 Å². The molecule has 0 unspecified atom stereocenters. The molecule has 36 heavy (non-hydrogen) atoms. The fourth-order valence-electron chi connectivity index (χ4n) is 4.37. The van der Waals surface area contributed by atoms with Crippen molar-refractivity contribution in [2.75, 3.05) is 0 Å². The number of fused-ring (bicyclic) bond motifs is 2. The predicted octanol–water partition coefficient (Wildman–Crippen LogP) is 6.08. The number of carbonyl (C=O) groups excluding carboxylic acids is 1. The number of carbonyl (C=O) groups is 1. The third kappa shape index (κ3) is 4.54. The van der Waals surface area contributed by atoms with E-state index in [2.05, 4.69) is 4.99 Å². The third-order valence-electron chi connectivity index (χ3n) is 5.94. The van der Waals surface area contributed by atoms with Crippen LogP contribution in [0.2, 0.25) is 0 Å². The summed E-state index contributed by atoms with van der Waals surface area (Å²) in [4.78, 5) is 16.0. The van der Waals surface area contributed by atoms with Gasteiger partial charge in [-0.2, -0.15) is 0 Å². The van der Waals surface area contributed by atoms with Crippen LogP contribution in [0.4, 0.5) is 5.69 Å². The SMILES string of the molecule is Cl.NC(N)=Nc1ccccc1COc1ccc2ccccc2c1-c1c(O)c(C=O)cc2ccccc12. The number of guanidine groups is 1. The van der Waals surface area contributed by atoms with Crippen LogP contribution in [0.3, 0.4) is 0 Å². The molecule has 5 rings (SSSR count). The first-order chi connectivity index (χ1) is 17.1. The van der Waals surface area contributed by atoms with E-state index < -0.39 is 0 Å². The minimum atomic E-state index is -0.0826. The Hall–Kier alpha value is -4.55. The number of benzene rings is 5. The Balaban J connectivity index is 0.00000304. The molecule has 0 heterocycles. The average molecular weight is 498 g/mol. The van der Waals surface area contributed by atoms with E-state index in [4.69, 9.17) is 16.2 Å². The van der Waals surface area contributed by atoms with E-state index in [0.29, 0.717) is 28.8 Å². The van der Waals surface area contributed by atoms with Crippen LogP contribution in [0, 0.1) is 0 Å². The van der Waals surface area contributed by atoms with E-state index in [1.807, 2.05) is 84.9 Å². The average Bonchev–Trinajstić information content (AvgIpc) is 2.87. The molecule has 0 aromatic heterocycles. The summed E-state index contributed by atoms with van der Waals surface area (Å²) in [5.41, 5.74) is 14.1. The lowest BCUT2D eigenvalue weighted by Crippen LogP contribution is -2.22. The van der Waals surface area contributed by atoms with E-state index in [-0.39, 0.29) is 36.3 Å². The molecule has 0 amide bonds. The van der Waals surface area contributed by atoms with Crippen molar-refractivity contribution in [1.29, 1.82) is 0 Å². The van der Waals surface area contributed by atoms with Gasteiger partial charge in [-0.25, -0.2) is 4.99 Å². The number of hydrogen-bond donors (Lipinski definition) is 3. The van der Waals surface area contributed by atoms with Gasteiger partial charge < -0.3 is 21.3 Å². The Morgan fingerprint density at radius 1 is 0.833 bits per heavy atom. The van der Waals surface area contributed by atoms with Crippen molar-refractivity contribution in [2.45, 2.75) is 6.61 Å². The monoisotopic (exact) mass is 497 g/mol. The number of halogens is 1. The van der Waals surface area contributed by atoms with E-state index in [9.17, 15) is 9.90 Å². The Kier molecular flexibility index (Phi) is 7.08. The quantitative estimate of drug-likeness (QED) is 0.149. The summed E-state index contributed by atoms with van der Waals surface area (Å²) < 4.78 is 6.34. The maximum Gasteiger partial charge on any atom is 0.191 e. The van der Waals surface area contributed by atoms with Crippen molar-refractivity contribution in [3.05, 3.63) is 102 Å². The van der Waals surface area contributed by atoms with Crippen LogP contribution < -0.4 is 16.2 Å². The molecule has 0 saturated heterocycles. The van der Waals surface area contributed by atoms with Crippen LogP contribution in [0.15, 0.2) is 96.0 Å². The zero-order chi connectivity index (χ0) is 24.4. The van der Waals surface area contributed by atoms with Gasteiger partial charge in [0.05, 0.1) is 11.3 Å². The lowest BCUT2D eigenvalue weighted by molar-refractivity contribution is 0.112. The summed E-state index contributed by atoms with van der Waals surface area (Å²) >= 11 is 0. The minimum Gasteiger partial charge on any atom is -0.507 e. The van der Waals surface area contributed by atoms with Crippen LogP contribution in [0.1, 0.15) is 15.9 Å². The summed E-state index contributed by atoms with van der Waals surface area (Å²) in [6.07, 6.45) is 0.669. The van der Waals surface area contributed by atoms with Gasteiger partial charge in [0, 0.05) is 16.7 Å². The molecule has 0 fully saturated rings. The van der Waals surface area contributed by atoms with Crippen molar-refractivity contribution in [3.63, 3.8) is 0 Å². The fraction of sp³-hybridized carbons (Fsp3) is 0.0345. The highest BCUT2D eigenvalue weighted by molar-refractivity contribution is 6.12. The number of nitrogens with zero attached hydrogens (tertiary/aromatic N) is 1. The van der Waals surface area contributed by atoms with Gasteiger partial charge in [-0.15, -0.1) is 12.4 Å². The van der Waals surface area contributed by atoms with Gasteiger partial charge in [0.2, 0.25) is 0 Å². The number of phenolic OH excluding ortho intramolecular Hbond substituents is 1. The summed E-state index contributed by atoms with van der Waals surface area (Å²) in [6.45, 7) is 0.199. The number of phenols is 1. The zero-order valence-electron chi connectivity index (χ0n) is 19.2. The second-order valence-corrected chi connectivity index (χ2v) is 8.14. The summed E-state index contributed by atoms with van der Waals surface area (Å²) in [5.74, 6) is 0.443. The Morgan fingerprint density at radius 2 is 1.47 bits per heavy atom. The fourth-order valence-corrected chi connectivity index (χ4v) is 4.37. The minimum absolute atomic E-state index is 0. The van der Waals surface area contributed by atoms with Crippen molar-refractivity contribution >= 4 is 51.9 Å². The lowest BCUT2D eigenvalue weighted by atomic mass is 9.90. The normalized spacial score (nSPS) is 10.6. The number of ether oxygens (including phenoxy) is 1. The molecule has 180 valence electrons.